The normalized spacial score (nSPS) is 15.2. The minimum Gasteiger partial charge on any atom is -0.493 e. The number of benzene rings is 8. The summed E-state index contributed by atoms with van der Waals surface area (Å²) in [5.74, 6) is 6.31. The number of carbonyl (C=O) groups excluding carboxylic acids is 2. The number of hydrogen-bond acceptors (Lipinski definition) is 18. The van der Waals surface area contributed by atoms with Gasteiger partial charge in [-0.25, -0.2) is 4.79 Å². The van der Waals surface area contributed by atoms with Crippen LogP contribution in [0.2, 0.25) is 0 Å². The molecule has 4 atom stereocenters. The lowest BCUT2D eigenvalue weighted by molar-refractivity contribution is 0.00716. The van der Waals surface area contributed by atoms with Crippen LogP contribution in [0, 0.1) is 0 Å². The first kappa shape index (κ1) is 65.0. The Labute approximate surface area is 513 Å². The van der Waals surface area contributed by atoms with Crippen LogP contribution in [-0.4, -0.2) is 107 Å². The van der Waals surface area contributed by atoms with Crippen LogP contribution in [0.4, 0.5) is 0 Å². The van der Waals surface area contributed by atoms with Gasteiger partial charge in [0.25, 0.3) is 5.24 Å². The van der Waals surface area contributed by atoms with E-state index in [4.69, 9.17) is 106 Å². The fraction of sp³-hybridized carbons (Fsp3) is 0.292. The van der Waals surface area contributed by atoms with Gasteiger partial charge in [-0.3, -0.25) is 4.79 Å². The summed E-state index contributed by atoms with van der Waals surface area (Å²) in [5.41, 5.74) is 3.79. The predicted molar refractivity (Wildman–Crippen MR) is 328 cm³/mol. The average Bonchev–Trinajstić information content (AvgIpc) is 1.55. The van der Waals surface area contributed by atoms with E-state index < -0.39 is 29.5 Å². The highest BCUT2D eigenvalue weighted by molar-refractivity contribution is 6.67. The van der Waals surface area contributed by atoms with E-state index in [-0.39, 0.29) is 17.0 Å². The molecule has 21 heteroatoms. The quantitative estimate of drug-likeness (QED) is 0.0513. The summed E-state index contributed by atoms with van der Waals surface area (Å²) in [7, 11) is 18.3. The Kier molecular flexibility index (Phi) is 23.1. The van der Waals surface area contributed by atoms with E-state index in [0.717, 1.165) is 49.5 Å². The van der Waals surface area contributed by atoms with Crippen molar-refractivity contribution in [3.05, 3.63) is 155 Å². The standard InChI is InChI=1S/C32H32O9.C22H22O5.C10H11ClO4.CH2Cl2/c1-34-25-13-19(14-26(35-2)30(25)38-5)23-17-24(22-12-11-18-9-7-8-10-21(18)29(22)40-23)41-32(33)20-15-27(36-3)31(39-6)28(16-20)37-4;1-24-19-10-14(11-20(25-2)22(19)26-3)18-12-17(23)16-9-8-13-6-4-5-7-15(13)21(16)27-18;1-13-7-4-6(10(11)12)5-8(14-2)9(7)15-3;2-1-3/h7-16,23-24H,17H2,1-6H3;4-11,17-18,23H,12H2,1-3H3;4-5H,1-3H3;1H2. The Morgan fingerprint density at radius 1 is 0.442 bits per heavy atom. The number of halogens is 3. The van der Waals surface area contributed by atoms with Crippen LogP contribution in [-0.2, 0) is 4.74 Å². The summed E-state index contributed by atoms with van der Waals surface area (Å²) in [6.07, 6.45) is -1.25. The maximum atomic E-state index is 13.6. The van der Waals surface area contributed by atoms with Crippen LogP contribution in [0.3, 0.4) is 0 Å². The third-order valence-electron chi connectivity index (χ3n) is 14.1. The van der Waals surface area contributed by atoms with Crippen LogP contribution in [0.25, 0.3) is 21.5 Å². The molecule has 0 spiro atoms. The molecule has 2 aliphatic rings. The zero-order chi connectivity index (χ0) is 62.2. The van der Waals surface area contributed by atoms with Crippen molar-refractivity contribution >= 4 is 67.6 Å². The first-order valence-corrected chi connectivity index (χ1v) is 27.9. The summed E-state index contributed by atoms with van der Waals surface area (Å²) in [6, 6.07) is 37.4. The van der Waals surface area contributed by atoms with Crippen LogP contribution >= 0.6 is 34.8 Å². The molecule has 0 aromatic heterocycles. The largest absolute Gasteiger partial charge is 0.493 e. The lowest BCUT2D eigenvalue weighted by Crippen LogP contribution is -2.23. The number of hydrogen-bond donors (Lipinski definition) is 1. The number of aliphatic hydroxyl groups is 1. The molecular formula is C65H67Cl3O18. The van der Waals surface area contributed by atoms with Gasteiger partial charge in [0.1, 0.15) is 29.8 Å². The van der Waals surface area contributed by atoms with Crippen molar-refractivity contribution in [1.82, 2.24) is 0 Å². The van der Waals surface area contributed by atoms with Crippen molar-refractivity contribution in [2.75, 3.05) is 90.7 Å². The van der Waals surface area contributed by atoms with Gasteiger partial charge in [0.05, 0.1) is 102 Å². The van der Waals surface area contributed by atoms with E-state index >= 15 is 0 Å². The van der Waals surface area contributed by atoms with Crippen molar-refractivity contribution in [2.24, 2.45) is 0 Å². The summed E-state index contributed by atoms with van der Waals surface area (Å²) in [4.78, 5) is 24.6. The van der Waals surface area contributed by atoms with E-state index in [1.807, 2.05) is 97.1 Å². The van der Waals surface area contributed by atoms with Gasteiger partial charge in [-0.1, -0.05) is 72.8 Å². The Balaban J connectivity index is 0.000000201. The molecule has 8 aromatic rings. The second kappa shape index (κ2) is 30.5. The molecule has 0 aliphatic carbocycles. The molecule has 10 rings (SSSR count). The third-order valence-corrected chi connectivity index (χ3v) is 14.3. The first-order chi connectivity index (χ1) is 41.7. The maximum Gasteiger partial charge on any atom is 0.339 e. The fourth-order valence-corrected chi connectivity index (χ4v) is 10.1. The van der Waals surface area contributed by atoms with Gasteiger partial charge in [0, 0.05) is 51.4 Å². The number of esters is 1. The SMILES string of the molecule is COc1cc(C(=O)Cl)cc(OC)c1OC.COc1cc(C(=O)OC2CC(c3cc(OC)c(OC)c(OC)c3)Oc3c2ccc2ccccc32)cc(OC)c1OC.COc1cc(C2CC(O)c3ccc4ccccc4c3O2)cc(OC)c1OC.ClCCl. The molecule has 0 saturated heterocycles. The van der Waals surface area contributed by atoms with Crippen molar-refractivity contribution in [3.63, 3.8) is 0 Å². The number of aliphatic hydroxyl groups excluding tert-OH is 1. The smallest absolute Gasteiger partial charge is 0.339 e. The van der Waals surface area contributed by atoms with Crippen LogP contribution in [0.15, 0.2) is 121 Å². The first-order valence-electron chi connectivity index (χ1n) is 26.4. The topological polar surface area (TPSA) is 193 Å². The van der Waals surface area contributed by atoms with Gasteiger partial charge in [-0.2, -0.15) is 0 Å². The molecule has 2 heterocycles. The minimum absolute atomic E-state index is 0.194. The summed E-state index contributed by atoms with van der Waals surface area (Å²) in [6.45, 7) is 0. The summed E-state index contributed by atoms with van der Waals surface area (Å²) >= 11 is 14.9. The molecule has 8 aromatic carbocycles. The Hall–Kier alpha value is -8.55. The van der Waals surface area contributed by atoms with Crippen LogP contribution < -0.4 is 66.3 Å². The maximum absolute atomic E-state index is 13.6. The van der Waals surface area contributed by atoms with Gasteiger partial charge in [-0.05, 0) is 70.9 Å². The third kappa shape index (κ3) is 14.2. The number of ether oxygens (including phenoxy) is 15. The van der Waals surface area contributed by atoms with Crippen LogP contribution in [0.5, 0.6) is 80.5 Å². The van der Waals surface area contributed by atoms with Crippen molar-refractivity contribution in [2.45, 2.75) is 37.3 Å². The van der Waals surface area contributed by atoms with E-state index in [1.54, 1.807) is 54.8 Å². The lowest BCUT2D eigenvalue weighted by atomic mass is 9.92. The van der Waals surface area contributed by atoms with Gasteiger partial charge in [0.2, 0.25) is 23.0 Å². The van der Waals surface area contributed by atoms with Gasteiger partial charge >= 0.3 is 5.97 Å². The summed E-state index contributed by atoms with van der Waals surface area (Å²) in [5, 5.41) is 14.3. The van der Waals surface area contributed by atoms with Crippen molar-refractivity contribution < 1.29 is 85.7 Å². The fourth-order valence-electron chi connectivity index (χ4n) is 10.0. The zero-order valence-electron chi connectivity index (χ0n) is 49.5. The monoisotopic (exact) mass is 1240 g/mol. The van der Waals surface area contributed by atoms with Crippen molar-refractivity contribution in [3.8, 4) is 80.5 Å². The predicted octanol–water partition coefficient (Wildman–Crippen LogP) is 14.2. The van der Waals surface area contributed by atoms with E-state index in [0.29, 0.717) is 93.1 Å². The molecule has 0 amide bonds. The average molecular weight is 1240 g/mol. The molecule has 0 saturated carbocycles. The zero-order valence-corrected chi connectivity index (χ0v) is 51.8. The molecule has 86 heavy (non-hydrogen) atoms. The molecule has 18 nitrogen and oxygen atoms in total. The highest BCUT2D eigenvalue weighted by Gasteiger charge is 2.36. The van der Waals surface area contributed by atoms with Gasteiger partial charge in [0.15, 0.2) is 46.0 Å². The Bertz CT molecular complexity index is 3550. The minimum atomic E-state index is -0.626. The molecule has 1 N–H and O–H groups in total. The van der Waals surface area contributed by atoms with Crippen LogP contribution in [0.1, 0.15) is 80.2 Å². The van der Waals surface area contributed by atoms with Gasteiger partial charge in [-0.15, -0.1) is 23.2 Å². The highest BCUT2D eigenvalue weighted by atomic mass is 35.5. The molecule has 4 unspecified atom stereocenters. The number of rotatable bonds is 17. The second-order valence-electron chi connectivity index (χ2n) is 18.6. The molecular weight excluding hydrogens is 1180 g/mol. The highest BCUT2D eigenvalue weighted by Crippen LogP contribution is 2.51. The Morgan fingerprint density at radius 2 is 0.767 bits per heavy atom. The number of fused-ring (bicyclic) bond motifs is 6. The van der Waals surface area contributed by atoms with Gasteiger partial charge < -0.3 is 76.2 Å². The lowest BCUT2D eigenvalue weighted by Gasteiger charge is -2.33. The van der Waals surface area contributed by atoms with E-state index in [2.05, 4.69) is 0 Å². The Morgan fingerprint density at radius 3 is 1.13 bits per heavy atom. The number of alkyl halides is 2. The van der Waals surface area contributed by atoms with E-state index in [1.165, 1.54) is 54.8 Å². The molecule has 0 fully saturated rings. The number of methoxy groups -OCH3 is 12. The molecule has 456 valence electrons. The van der Waals surface area contributed by atoms with E-state index in [9.17, 15) is 14.7 Å². The summed E-state index contributed by atoms with van der Waals surface area (Å²) < 4.78 is 83.6. The second-order valence-corrected chi connectivity index (χ2v) is 19.8. The molecule has 0 radical (unpaired) electrons. The molecule has 2 aliphatic heterocycles. The van der Waals surface area contributed by atoms with Crippen molar-refractivity contribution in [1.29, 1.82) is 0 Å². The number of carbonyl (C=O) groups is 2. The molecule has 0 bridgehead atoms.